The van der Waals surface area contributed by atoms with E-state index in [1.807, 2.05) is 13.8 Å². The highest BCUT2D eigenvalue weighted by molar-refractivity contribution is 5.92. The summed E-state index contributed by atoms with van der Waals surface area (Å²) in [5.41, 5.74) is -2.00. The maximum Gasteiger partial charge on any atom is 0.190 e. The molecule has 0 saturated heterocycles. The molecule has 4 rings (SSSR count). The van der Waals surface area contributed by atoms with Crippen LogP contribution in [-0.2, 0) is 19.1 Å². The fourth-order valence-electron chi connectivity index (χ4n) is 7.74. The van der Waals surface area contributed by atoms with E-state index >= 15 is 4.39 Å². The van der Waals surface area contributed by atoms with Crippen molar-refractivity contribution in [3.05, 3.63) is 11.6 Å². The number of methoxy groups -OCH3 is 1. The van der Waals surface area contributed by atoms with Gasteiger partial charge in [-0.3, -0.25) is 9.59 Å². The molecule has 0 aromatic carbocycles. The van der Waals surface area contributed by atoms with Crippen molar-refractivity contribution in [3.8, 4) is 0 Å². The molecule has 0 radical (unpaired) electrons. The third-order valence-electron chi connectivity index (χ3n) is 9.01. The summed E-state index contributed by atoms with van der Waals surface area (Å²) >= 11 is 0. The number of hydrogen-bond donors (Lipinski definition) is 2. The molecule has 8 atom stereocenters. The number of halogens is 1. The van der Waals surface area contributed by atoms with Crippen LogP contribution in [0.4, 0.5) is 4.39 Å². The average molecular weight is 425 g/mol. The van der Waals surface area contributed by atoms with E-state index < -0.39 is 41.1 Å². The van der Waals surface area contributed by atoms with Crippen LogP contribution in [0.5, 0.6) is 0 Å². The molecule has 30 heavy (non-hydrogen) atoms. The highest BCUT2D eigenvalue weighted by atomic mass is 19.1. The smallest absolute Gasteiger partial charge is 0.190 e. The SMILES string of the molecule is COCO[C@]1(C(=O)CO)CC[C@H]2[C@@H]3C[C@H](F)C4=CC(=O)CC[C@]4(C)[C@H]3[C@@H](O)C[C@@]21C. The number of alkyl halides is 1. The zero-order valence-electron chi connectivity index (χ0n) is 18.0. The van der Waals surface area contributed by atoms with Gasteiger partial charge < -0.3 is 19.7 Å². The van der Waals surface area contributed by atoms with Gasteiger partial charge in [0.15, 0.2) is 11.6 Å². The van der Waals surface area contributed by atoms with Crippen molar-refractivity contribution in [1.29, 1.82) is 0 Å². The number of allylic oxidation sites excluding steroid dienone is 1. The minimum absolute atomic E-state index is 0.0208. The molecule has 4 aliphatic carbocycles. The lowest BCUT2D eigenvalue weighted by Crippen LogP contribution is -2.63. The second kappa shape index (κ2) is 7.47. The van der Waals surface area contributed by atoms with Gasteiger partial charge in [-0.25, -0.2) is 4.39 Å². The van der Waals surface area contributed by atoms with Gasteiger partial charge in [0.25, 0.3) is 0 Å². The van der Waals surface area contributed by atoms with E-state index in [1.165, 1.54) is 13.2 Å². The lowest BCUT2D eigenvalue weighted by Gasteiger charge is -2.61. The van der Waals surface area contributed by atoms with Crippen molar-refractivity contribution in [2.24, 2.45) is 28.6 Å². The summed E-state index contributed by atoms with van der Waals surface area (Å²) < 4.78 is 26.4. The van der Waals surface area contributed by atoms with Crippen molar-refractivity contribution in [1.82, 2.24) is 0 Å². The summed E-state index contributed by atoms with van der Waals surface area (Å²) in [6.07, 6.45) is 2.07. The monoisotopic (exact) mass is 424 g/mol. The van der Waals surface area contributed by atoms with Crippen LogP contribution in [0.2, 0.25) is 0 Å². The first-order valence-corrected chi connectivity index (χ1v) is 11.0. The van der Waals surface area contributed by atoms with E-state index in [0.717, 1.165) is 0 Å². The molecule has 7 heteroatoms. The fraction of sp³-hybridized carbons (Fsp3) is 0.826. The number of fused-ring (bicyclic) bond motifs is 5. The quantitative estimate of drug-likeness (QED) is 0.658. The minimum Gasteiger partial charge on any atom is -0.393 e. The summed E-state index contributed by atoms with van der Waals surface area (Å²) in [5.74, 6) is -0.751. The molecular formula is C23H33FO6. The molecule has 0 spiro atoms. The van der Waals surface area contributed by atoms with Crippen LogP contribution in [0.25, 0.3) is 0 Å². The number of ether oxygens (including phenoxy) is 2. The van der Waals surface area contributed by atoms with Gasteiger partial charge in [-0.05, 0) is 66.9 Å². The first-order valence-electron chi connectivity index (χ1n) is 11.0. The van der Waals surface area contributed by atoms with Crippen LogP contribution in [0.3, 0.4) is 0 Å². The Morgan fingerprint density at radius 3 is 2.73 bits per heavy atom. The number of aliphatic hydroxyl groups excluding tert-OH is 2. The number of carbonyl (C=O) groups is 2. The number of aliphatic hydroxyl groups is 2. The van der Waals surface area contributed by atoms with Gasteiger partial charge in [0.05, 0.1) is 6.10 Å². The summed E-state index contributed by atoms with van der Waals surface area (Å²) in [5, 5.41) is 21.1. The molecule has 168 valence electrons. The minimum atomic E-state index is -1.25. The molecule has 0 bridgehead atoms. The lowest BCUT2D eigenvalue weighted by molar-refractivity contribution is -0.218. The molecule has 0 unspecified atom stereocenters. The molecule has 6 nitrogen and oxygen atoms in total. The second-order valence-electron chi connectivity index (χ2n) is 10.2. The molecule has 0 heterocycles. The van der Waals surface area contributed by atoms with E-state index in [9.17, 15) is 19.8 Å². The van der Waals surface area contributed by atoms with Gasteiger partial charge in [-0.2, -0.15) is 0 Å². The molecule has 2 N–H and O–H groups in total. The van der Waals surface area contributed by atoms with Crippen LogP contribution in [0, 0.1) is 28.6 Å². The molecule has 3 saturated carbocycles. The Bertz CT molecular complexity index is 767. The summed E-state index contributed by atoms with van der Waals surface area (Å²) in [6, 6.07) is 0. The van der Waals surface area contributed by atoms with Crippen molar-refractivity contribution in [2.45, 2.75) is 70.2 Å². The lowest BCUT2D eigenvalue weighted by atomic mass is 9.45. The van der Waals surface area contributed by atoms with Crippen LogP contribution in [-0.4, -0.2) is 60.2 Å². The Morgan fingerprint density at radius 2 is 2.07 bits per heavy atom. The Morgan fingerprint density at radius 1 is 1.33 bits per heavy atom. The van der Waals surface area contributed by atoms with Crippen molar-refractivity contribution in [3.63, 3.8) is 0 Å². The number of rotatable bonds is 5. The molecule has 0 aromatic heterocycles. The molecular weight excluding hydrogens is 391 g/mol. The topological polar surface area (TPSA) is 93.1 Å². The second-order valence-corrected chi connectivity index (χ2v) is 10.2. The standard InChI is InChI=1S/C23H33FO6/c1-21-6-4-13(26)8-16(21)17(24)9-14-15-5-7-23(19(28)11-25,30-12-29-3)22(15,2)10-18(27)20(14)21/h8,14-15,17-18,20,25,27H,4-7,9-12H2,1-3H3/t14-,15-,17-,18-,20+,21-,22-,23-/m0/s1. The summed E-state index contributed by atoms with van der Waals surface area (Å²) in [7, 11) is 1.48. The van der Waals surface area contributed by atoms with Crippen LogP contribution >= 0.6 is 0 Å². The molecule has 0 aromatic rings. The van der Waals surface area contributed by atoms with E-state index in [0.29, 0.717) is 37.7 Å². The predicted molar refractivity (Wildman–Crippen MR) is 106 cm³/mol. The van der Waals surface area contributed by atoms with Crippen LogP contribution < -0.4 is 0 Å². The number of carbonyl (C=O) groups excluding carboxylic acids is 2. The van der Waals surface area contributed by atoms with E-state index in [2.05, 4.69) is 0 Å². The Kier molecular flexibility index (Phi) is 5.49. The molecule has 3 fully saturated rings. The van der Waals surface area contributed by atoms with Gasteiger partial charge in [0.1, 0.15) is 25.2 Å². The molecule has 0 amide bonds. The van der Waals surface area contributed by atoms with E-state index in [-0.39, 0.29) is 36.8 Å². The molecule has 0 aliphatic heterocycles. The Balaban J connectivity index is 1.76. The predicted octanol–water partition coefficient (Wildman–Crippen LogP) is 2.36. The van der Waals surface area contributed by atoms with Crippen LogP contribution in [0.15, 0.2) is 11.6 Å². The fourth-order valence-corrected chi connectivity index (χ4v) is 7.74. The van der Waals surface area contributed by atoms with Crippen molar-refractivity contribution < 1.29 is 33.7 Å². The third kappa shape index (κ3) is 2.81. The first kappa shape index (κ1) is 22.1. The normalized spacial score (nSPS) is 47.9. The van der Waals surface area contributed by atoms with Crippen molar-refractivity contribution >= 4 is 11.6 Å². The number of ketones is 2. The van der Waals surface area contributed by atoms with Gasteiger partial charge in [-0.1, -0.05) is 13.8 Å². The maximum atomic E-state index is 15.4. The summed E-state index contributed by atoms with van der Waals surface area (Å²) in [4.78, 5) is 24.9. The zero-order valence-corrected chi connectivity index (χ0v) is 18.0. The Labute approximate surface area is 176 Å². The highest BCUT2D eigenvalue weighted by Crippen LogP contribution is 2.68. The average Bonchev–Trinajstić information content (AvgIpc) is 2.99. The van der Waals surface area contributed by atoms with Crippen molar-refractivity contribution in [2.75, 3.05) is 20.5 Å². The number of Topliss-reactive ketones (excluding diaryl/α,β-unsaturated/α-hetero) is 1. The van der Waals surface area contributed by atoms with E-state index in [4.69, 9.17) is 9.47 Å². The zero-order chi connectivity index (χ0) is 21.9. The third-order valence-corrected chi connectivity index (χ3v) is 9.01. The van der Waals surface area contributed by atoms with Gasteiger partial charge >= 0.3 is 0 Å². The Hall–Kier alpha value is -1.15. The maximum absolute atomic E-state index is 15.4. The summed E-state index contributed by atoms with van der Waals surface area (Å²) in [6.45, 7) is 3.20. The van der Waals surface area contributed by atoms with Crippen LogP contribution in [0.1, 0.15) is 52.4 Å². The number of hydrogen-bond acceptors (Lipinski definition) is 6. The largest absolute Gasteiger partial charge is 0.393 e. The van der Waals surface area contributed by atoms with Gasteiger partial charge in [-0.15, -0.1) is 0 Å². The first-order chi connectivity index (χ1) is 14.1. The molecule has 4 aliphatic rings. The van der Waals surface area contributed by atoms with Gasteiger partial charge in [0.2, 0.25) is 0 Å². The highest BCUT2D eigenvalue weighted by Gasteiger charge is 2.70. The van der Waals surface area contributed by atoms with Gasteiger partial charge in [0, 0.05) is 18.9 Å². The van der Waals surface area contributed by atoms with E-state index in [1.54, 1.807) is 0 Å².